The molecule has 2 aromatic carbocycles. The minimum absolute atomic E-state index is 0.103. The number of Topliss-reactive ketones (excluding diaryl/α,β-unsaturated/α-hetero) is 1. The summed E-state index contributed by atoms with van der Waals surface area (Å²) in [6, 6.07) is 6.50. The van der Waals surface area contributed by atoms with Crippen molar-refractivity contribution < 1.29 is 27.4 Å². The van der Waals surface area contributed by atoms with Gasteiger partial charge in [-0.05, 0) is 37.0 Å². The summed E-state index contributed by atoms with van der Waals surface area (Å²) in [6.45, 7) is 1.89. The van der Waals surface area contributed by atoms with Crippen LogP contribution in [0.3, 0.4) is 0 Å². The number of ketones is 1. The minimum Gasteiger partial charge on any atom is -0.493 e. The van der Waals surface area contributed by atoms with Crippen molar-refractivity contribution in [3.63, 3.8) is 0 Å². The second kappa shape index (κ2) is 8.38. The van der Waals surface area contributed by atoms with E-state index < -0.39 is 10.0 Å². The Hall–Kier alpha value is -3.20. The summed E-state index contributed by atoms with van der Waals surface area (Å²) in [5, 5.41) is 0.785. The largest absolute Gasteiger partial charge is 0.493 e. The van der Waals surface area contributed by atoms with Gasteiger partial charge in [0.2, 0.25) is 5.75 Å². The molecule has 1 aliphatic rings. The zero-order valence-electron chi connectivity index (χ0n) is 18.5. The Kier molecular flexibility index (Phi) is 5.77. The third kappa shape index (κ3) is 3.66. The van der Waals surface area contributed by atoms with Crippen molar-refractivity contribution in [1.29, 1.82) is 0 Å². The topological polar surface area (TPSA) is 107 Å². The number of sulfonamides is 1. The number of carbonyl (C=O) groups is 1. The average Bonchev–Trinajstić information content (AvgIpc) is 3.15. The summed E-state index contributed by atoms with van der Waals surface area (Å²) in [6.07, 6.45) is 2.59. The smallest absolute Gasteiger partial charge is 0.262 e. The molecule has 32 heavy (non-hydrogen) atoms. The van der Waals surface area contributed by atoms with E-state index in [0.29, 0.717) is 46.7 Å². The molecule has 1 heterocycles. The Morgan fingerprint density at radius 2 is 1.69 bits per heavy atom. The van der Waals surface area contributed by atoms with E-state index >= 15 is 0 Å². The Bertz CT molecular complexity index is 1280. The lowest BCUT2D eigenvalue weighted by Crippen LogP contribution is -2.15. The van der Waals surface area contributed by atoms with Gasteiger partial charge in [-0.25, -0.2) is 8.42 Å². The molecule has 4 rings (SSSR count). The number of anilines is 1. The highest BCUT2D eigenvalue weighted by Crippen LogP contribution is 2.41. The molecule has 0 radical (unpaired) electrons. The molecule has 3 aromatic rings. The lowest BCUT2D eigenvalue weighted by molar-refractivity contribution is 0.0974. The third-order valence-corrected chi connectivity index (χ3v) is 7.22. The van der Waals surface area contributed by atoms with Crippen LogP contribution in [0.5, 0.6) is 17.2 Å². The van der Waals surface area contributed by atoms with Crippen LogP contribution in [-0.4, -0.2) is 40.5 Å². The number of hydrogen-bond acceptors (Lipinski definition) is 6. The number of nitrogens with one attached hydrogen (secondary N) is 2. The number of methoxy groups -OCH3 is 3. The first-order chi connectivity index (χ1) is 15.3. The summed E-state index contributed by atoms with van der Waals surface area (Å²) in [4.78, 5) is 15.9. The normalized spacial score (nSPS) is 13.7. The maximum absolute atomic E-state index is 13.4. The maximum Gasteiger partial charge on any atom is 0.262 e. The van der Waals surface area contributed by atoms with Gasteiger partial charge in [-0.3, -0.25) is 9.52 Å². The van der Waals surface area contributed by atoms with Crippen LogP contribution in [0.15, 0.2) is 29.2 Å². The molecule has 0 bridgehead atoms. The minimum atomic E-state index is -3.94. The molecule has 9 heteroatoms. The predicted octanol–water partition coefficient (Wildman–Crippen LogP) is 4.08. The van der Waals surface area contributed by atoms with Crippen molar-refractivity contribution in [1.82, 2.24) is 4.98 Å². The van der Waals surface area contributed by atoms with Gasteiger partial charge in [0, 0.05) is 40.7 Å². The average molecular weight is 459 g/mol. The molecule has 8 nitrogen and oxygen atoms in total. The Labute approximate surface area is 186 Å². The molecular formula is C23H26N2O6S. The van der Waals surface area contributed by atoms with Crippen molar-refractivity contribution in [2.75, 3.05) is 26.1 Å². The molecule has 0 saturated carbocycles. The van der Waals surface area contributed by atoms with Gasteiger partial charge in [0.05, 0.1) is 31.9 Å². The fraction of sp³-hybridized carbons (Fsp3) is 0.348. The molecule has 1 aliphatic carbocycles. The van der Waals surface area contributed by atoms with Gasteiger partial charge in [-0.15, -0.1) is 0 Å². The van der Waals surface area contributed by atoms with E-state index in [2.05, 4.69) is 9.71 Å². The lowest BCUT2D eigenvalue weighted by atomic mass is 9.94. The third-order valence-electron chi connectivity index (χ3n) is 5.75. The van der Waals surface area contributed by atoms with Crippen LogP contribution in [0.4, 0.5) is 5.69 Å². The van der Waals surface area contributed by atoms with Crippen LogP contribution in [0.2, 0.25) is 0 Å². The quantitative estimate of drug-likeness (QED) is 0.553. The highest BCUT2D eigenvalue weighted by atomic mass is 32.2. The van der Waals surface area contributed by atoms with Gasteiger partial charge < -0.3 is 19.2 Å². The molecule has 170 valence electrons. The molecule has 0 saturated heterocycles. The summed E-state index contributed by atoms with van der Waals surface area (Å²) in [5.41, 5.74) is 3.14. The molecule has 0 unspecified atom stereocenters. The zero-order valence-corrected chi connectivity index (χ0v) is 19.3. The Morgan fingerprint density at radius 3 is 2.28 bits per heavy atom. The highest BCUT2D eigenvalue weighted by Gasteiger charge is 2.26. The molecule has 2 N–H and O–H groups in total. The molecule has 0 aliphatic heterocycles. The van der Waals surface area contributed by atoms with Gasteiger partial charge in [0.25, 0.3) is 10.0 Å². The van der Waals surface area contributed by atoms with Crippen molar-refractivity contribution in [2.24, 2.45) is 0 Å². The number of aromatic amines is 1. The van der Waals surface area contributed by atoms with E-state index in [0.717, 1.165) is 23.9 Å². The van der Waals surface area contributed by atoms with Gasteiger partial charge in [-0.1, -0.05) is 6.92 Å². The number of H-pyrrole nitrogens is 1. The number of ether oxygens (including phenoxy) is 3. The number of benzene rings is 2. The van der Waals surface area contributed by atoms with E-state index in [4.69, 9.17) is 14.2 Å². The first-order valence-electron chi connectivity index (χ1n) is 10.4. The fourth-order valence-electron chi connectivity index (χ4n) is 4.26. The van der Waals surface area contributed by atoms with Crippen LogP contribution >= 0.6 is 0 Å². The van der Waals surface area contributed by atoms with Crippen LogP contribution in [0.25, 0.3) is 10.9 Å². The van der Waals surface area contributed by atoms with Gasteiger partial charge >= 0.3 is 0 Å². The maximum atomic E-state index is 13.4. The second-order valence-corrected chi connectivity index (χ2v) is 9.28. The molecule has 0 amide bonds. The van der Waals surface area contributed by atoms with Gasteiger partial charge in [-0.2, -0.15) is 0 Å². The first kappa shape index (κ1) is 22.0. The SMILES string of the molecule is CCc1cc2c3c([nH]c2cc1S(=O)(=O)Nc1cc(OC)c(OC)c(OC)c1)CCCC3=O. The monoisotopic (exact) mass is 458 g/mol. The Balaban J connectivity index is 1.80. The van der Waals surface area contributed by atoms with E-state index in [9.17, 15) is 13.2 Å². The van der Waals surface area contributed by atoms with E-state index in [1.54, 1.807) is 6.07 Å². The van der Waals surface area contributed by atoms with Crippen molar-refractivity contribution >= 4 is 32.4 Å². The van der Waals surface area contributed by atoms with Crippen LogP contribution in [0, 0.1) is 0 Å². The number of aromatic nitrogens is 1. The molecule has 1 aromatic heterocycles. The van der Waals surface area contributed by atoms with Gasteiger partial charge in [0.15, 0.2) is 17.3 Å². The summed E-state index contributed by atoms with van der Waals surface area (Å²) in [7, 11) is 0.471. The predicted molar refractivity (Wildman–Crippen MR) is 122 cm³/mol. The van der Waals surface area contributed by atoms with Crippen molar-refractivity contribution in [3.8, 4) is 17.2 Å². The fourth-order valence-corrected chi connectivity index (χ4v) is 5.62. The number of fused-ring (bicyclic) bond motifs is 3. The van der Waals surface area contributed by atoms with E-state index in [-0.39, 0.29) is 16.4 Å². The lowest BCUT2D eigenvalue weighted by Gasteiger charge is -2.16. The highest BCUT2D eigenvalue weighted by molar-refractivity contribution is 7.92. The van der Waals surface area contributed by atoms with E-state index in [1.807, 2.05) is 13.0 Å². The standard InChI is InChI=1S/C23H26N2O6S/c1-5-13-9-15-17(24-16-7-6-8-18(26)22(15)16)12-21(13)32(27,28)25-14-10-19(29-2)23(31-4)20(11-14)30-3/h9-12,24-25H,5-8H2,1-4H3. The zero-order chi connectivity index (χ0) is 23.0. The molecular weight excluding hydrogens is 432 g/mol. The number of hydrogen-bond donors (Lipinski definition) is 2. The van der Waals surface area contributed by atoms with E-state index in [1.165, 1.54) is 33.5 Å². The summed E-state index contributed by atoms with van der Waals surface area (Å²) < 4.78 is 45.3. The molecule has 0 atom stereocenters. The second-order valence-electron chi connectivity index (χ2n) is 7.63. The number of aryl methyl sites for hydroxylation is 2. The van der Waals surface area contributed by atoms with Crippen molar-refractivity contribution in [2.45, 2.75) is 37.5 Å². The van der Waals surface area contributed by atoms with Crippen LogP contribution in [-0.2, 0) is 22.9 Å². The molecule has 0 spiro atoms. The van der Waals surface area contributed by atoms with Crippen molar-refractivity contribution in [3.05, 3.63) is 41.1 Å². The first-order valence-corrected chi connectivity index (χ1v) is 11.8. The van der Waals surface area contributed by atoms with Crippen LogP contribution < -0.4 is 18.9 Å². The summed E-state index contributed by atoms with van der Waals surface area (Å²) in [5.74, 6) is 1.15. The molecule has 0 fully saturated rings. The van der Waals surface area contributed by atoms with Crippen LogP contribution in [0.1, 0.15) is 41.4 Å². The summed E-state index contributed by atoms with van der Waals surface area (Å²) >= 11 is 0. The Morgan fingerprint density at radius 1 is 1.00 bits per heavy atom. The number of carbonyl (C=O) groups excluding carboxylic acids is 1. The number of rotatable bonds is 7. The van der Waals surface area contributed by atoms with Gasteiger partial charge in [0.1, 0.15) is 0 Å².